The number of carbonyl (C=O) groups is 1. The Balaban J connectivity index is 1.42. The average molecular weight is 438 g/mol. The maximum Gasteiger partial charge on any atom is 0.333 e. The number of thioether (sulfide) groups is 1. The molecule has 1 unspecified atom stereocenters. The van der Waals surface area contributed by atoms with Gasteiger partial charge in [0, 0.05) is 30.2 Å². The van der Waals surface area contributed by atoms with Gasteiger partial charge in [-0.15, -0.1) is 11.8 Å². The molecule has 162 valence electrons. The number of fused-ring (bicyclic) bond motifs is 2. The third-order valence-corrected chi connectivity index (χ3v) is 6.49. The van der Waals surface area contributed by atoms with Crippen LogP contribution >= 0.6 is 11.8 Å². The highest BCUT2D eigenvalue weighted by Gasteiger charge is 2.19. The molecule has 3 aromatic rings. The van der Waals surface area contributed by atoms with Gasteiger partial charge in [-0.25, -0.2) is 4.79 Å². The minimum Gasteiger partial charge on any atom is -0.492 e. The lowest BCUT2D eigenvalue weighted by Crippen LogP contribution is -2.33. The van der Waals surface area contributed by atoms with Gasteiger partial charge in [-0.2, -0.15) is 0 Å². The number of ether oxygens (including phenoxy) is 2. The SMILES string of the molecule is CCOC(Cc1cccc2cc(OCCN3CCSc4ccccc43)ccc12)C(=O)O. The van der Waals surface area contributed by atoms with E-state index in [1.165, 1.54) is 10.6 Å². The van der Waals surface area contributed by atoms with Crippen LogP contribution in [0.5, 0.6) is 5.75 Å². The van der Waals surface area contributed by atoms with Gasteiger partial charge in [-0.3, -0.25) is 0 Å². The number of aliphatic carboxylic acids is 1. The highest BCUT2D eigenvalue weighted by molar-refractivity contribution is 7.99. The van der Waals surface area contributed by atoms with Gasteiger partial charge in [0.1, 0.15) is 12.4 Å². The maximum absolute atomic E-state index is 11.5. The first-order valence-corrected chi connectivity index (χ1v) is 11.6. The Labute approximate surface area is 187 Å². The summed E-state index contributed by atoms with van der Waals surface area (Å²) in [6.45, 7) is 4.65. The Morgan fingerprint density at radius 1 is 1.16 bits per heavy atom. The Bertz CT molecular complexity index is 1050. The van der Waals surface area contributed by atoms with Crippen LogP contribution in [0.1, 0.15) is 12.5 Å². The molecular formula is C25H27NO4S. The summed E-state index contributed by atoms with van der Waals surface area (Å²) < 4.78 is 11.4. The number of hydrogen-bond donors (Lipinski definition) is 1. The molecule has 6 heteroatoms. The van der Waals surface area contributed by atoms with E-state index in [9.17, 15) is 9.90 Å². The Morgan fingerprint density at radius 3 is 2.87 bits per heavy atom. The third kappa shape index (κ3) is 5.14. The van der Waals surface area contributed by atoms with E-state index in [0.717, 1.165) is 40.9 Å². The van der Waals surface area contributed by atoms with Crippen molar-refractivity contribution < 1.29 is 19.4 Å². The van der Waals surface area contributed by atoms with Gasteiger partial charge in [-0.1, -0.05) is 36.4 Å². The van der Waals surface area contributed by atoms with Crippen molar-refractivity contribution in [1.82, 2.24) is 0 Å². The molecular weight excluding hydrogens is 410 g/mol. The molecule has 1 atom stereocenters. The number of benzene rings is 3. The van der Waals surface area contributed by atoms with Gasteiger partial charge in [0.15, 0.2) is 6.10 Å². The fourth-order valence-electron chi connectivity index (χ4n) is 3.95. The molecule has 0 aromatic heterocycles. The first-order chi connectivity index (χ1) is 15.2. The predicted molar refractivity (Wildman–Crippen MR) is 126 cm³/mol. The molecule has 1 aliphatic heterocycles. The molecule has 0 aliphatic carbocycles. The molecule has 0 fully saturated rings. The molecule has 0 saturated heterocycles. The van der Waals surface area contributed by atoms with Crippen molar-refractivity contribution in [1.29, 1.82) is 0 Å². The molecule has 0 bridgehead atoms. The van der Waals surface area contributed by atoms with Crippen molar-refractivity contribution in [2.45, 2.75) is 24.3 Å². The summed E-state index contributed by atoms with van der Waals surface area (Å²) in [6.07, 6.45) is -0.496. The molecule has 1 heterocycles. The summed E-state index contributed by atoms with van der Waals surface area (Å²) in [6, 6.07) is 20.5. The molecule has 0 radical (unpaired) electrons. The van der Waals surface area contributed by atoms with Gasteiger partial charge in [0.2, 0.25) is 0 Å². The van der Waals surface area contributed by atoms with E-state index in [2.05, 4.69) is 29.2 Å². The molecule has 0 saturated carbocycles. The highest BCUT2D eigenvalue weighted by atomic mass is 32.2. The lowest BCUT2D eigenvalue weighted by Gasteiger charge is -2.30. The Morgan fingerprint density at radius 2 is 2.03 bits per heavy atom. The largest absolute Gasteiger partial charge is 0.492 e. The van der Waals surface area contributed by atoms with Gasteiger partial charge in [0.25, 0.3) is 0 Å². The van der Waals surface area contributed by atoms with E-state index < -0.39 is 12.1 Å². The van der Waals surface area contributed by atoms with E-state index in [-0.39, 0.29) is 0 Å². The third-order valence-electron chi connectivity index (χ3n) is 5.45. The summed E-state index contributed by atoms with van der Waals surface area (Å²) >= 11 is 1.91. The predicted octanol–water partition coefficient (Wildman–Crippen LogP) is 4.86. The van der Waals surface area contributed by atoms with Gasteiger partial charge < -0.3 is 19.5 Å². The molecule has 5 nitrogen and oxygen atoms in total. The zero-order chi connectivity index (χ0) is 21.6. The standard InChI is InChI=1S/C25H27NO4S/c1-2-29-23(25(27)28)17-19-7-5-6-18-16-20(10-11-21(18)19)30-14-12-26-13-15-31-24-9-4-3-8-22(24)26/h3-11,16,23H,2,12-15,17H2,1H3,(H,27,28). The number of rotatable bonds is 9. The van der Waals surface area contributed by atoms with Crippen molar-refractivity contribution in [2.24, 2.45) is 0 Å². The second-order valence-corrected chi connectivity index (χ2v) is 8.57. The fourth-order valence-corrected chi connectivity index (χ4v) is 5.00. The Kier molecular flexibility index (Phi) is 6.99. The highest BCUT2D eigenvalue weighted by Crippen LogP contribution is 2.34. The first-order valence-electron chi connectivity index (χ1n) is 10.6. The van der Waals surface area contributed by atoms with Crippen molar-refractivity contribution in [3.05, 3.63) is 66.2 Å². The van der Waals surface area contributed by atoms with Crippen LogP contribution in [0.15, 0.2) is 65.6 Å². The molecule has 1 N–H and O–H groups in total. The van der Waals surface area contributed by atoms with Crippen LogP contribution in [0.4, 0.5) is 5.69 Å². The number of hydrogen-bond acceptors (Lipinski definition) is 5. The van der Waals surface area contributed by atoms with Gasteiger partial charge >= 0.3 is 5.97 Å². The monoisotopic (exact) mass is 437 g/mol. The summed E-state index contributed by atoms with van der Waals surface area (Å²) in [4.78, 5) is 15.2. The smallest absolute Gasteiger partial charge is 0.333 e. The van der Waals surface area contributed by atoms with Crippen LogP contribution in [0.25, 0.3) is 10.8 Å². The number of para-hydroxylation sites is 1. The second-order valence-electron chi connectivity index (χ2n) is 7.44. The van der Waals surface area contributed by atoms with Crippen molar-refractivity contribution >= 4 is 34.2 Å². The Hall–Kier alpha value is -2.70. The zero-order valence-electron chi connectivity index (χ0n) is 17.6. The summed E-state index contributed by atoms with van der Waals surface area (Å²) in [5, 5.41) is 11.5. The van der Waals surface area contributed by atoms with E-state index in [1.807, 2.05) is 55.1 Å². The first kappa shape index (κ1) is 21.5. The summed E-state index contributed by atoms with van der Waals surface area (Å²) in [5.41, 5.74) is 2.25. The normalized spacial score (nSPS) is 14.3. The van der Waals surface area contributed by atoms with Crippen molar-refractivity contribution in [3.63, 3.8) is 0 Å². The summed E-state index contributed by atoms with van der Waals surface area (Å²) in [5.74, 6) is 0.981. The minimum atomic E-state index is -0.934. The minimum absolute atomic E-state index is 0.340. The van der Waals surface area contributed by atoms with Crippen LogP contribution in [-0.2, 0) is 16.0 Å². The lowest BCUT2D eigenvalue weighted by atomic mass is 9.99. The number of carboxylic acid groups (broad SMARTS) is 1. The van der Waals surface area contributed by atoms with Gasteiger partial charge in [-0.05, 0) is 47.5 Å². The van der Waals surface area contributed by atoms with E-state index in [0.29, 0.717) is 19.6 Å². The van der Waals surface area contributed by atoms with Crippen LogP contribution in [0.3, 0.4) is 0 Å². The van der Waals surface area contributed by atoms with Crippen LogP contribution in [0, 0.1) is 0 Å². The van der Waals surface area contributed by atoms with Crippen LogP contribution in [-0.4, -0.2) is 49.2 Å². The second kappa shape index (κ2) is 10.1. The molecule has 4 rings (SSSR count). The maximum atomic E-state index is 11.5. The van der Waals surface area contributed by atoms with Gasteiger partial charge in [0.05, 0.1) is 12.2 Å². The fraction of sp³-hybridized carbons (Fsp3) is 0.320. The quantitative estimate of drug-likeness (QED) is 0.516. The average Bonchev–Trinajstić information content (AvgIpc) is 2.79. The molecule has 0 spiro atoms. The summed E-state index contributed by atoms with van der Waals surface area (Å²) in [7, 11) is 0. The molecule has 1 aliphatic rings. The number of carboxylic acids is 1. The molecule has 3 aromatic carbocycles. The zero-order valence-corrected chi connectivity index (χ0v) is 18.4. The van der Waals surface area contributed by atoms with Crippen molar-refractivity contribution in [2.75, 3.05) is 37.0 Å². The molecule has 31 heavy (non-hydrogen) atoms. The lowest BCUT2D eigenvalue weighted by molar-refractivity contribution is -0.149. The number of nitrogens with zero attached hydrogens (tertiary/aromatic N) is 1. The van der Waals surface area contributed by atoms with Crippen molar-refractivity contribution in [3.8, 4) is 5.75 Å². The topological polar surface area (TPSA) is 59.0 Å². The van der Waals surface area contributed by atoms with E-state index in [1.54, 1.807) is 0 Å². The van der Waals surface area contributed by atoms with E-state index >= 15 is 0 Å². The van der Waals surface area contributed by atoms with Crippen LogP contribution in [0.2, 0.25) is 0 Å². The molecule has 0 amide bonds. The van der Waals surface area contributed by atoms with Crippen LogP contribution < -0.4 is 9.64 Å². The van der Waals surface area contributed by atoms with E-state index in [4.69, 9.17) is 9.47 Å². The number of anilines is 1.